The van der Waals surface area contributed by atoms with Crippen LogP contribution < -0.4 is 10.1 Å². The third-order valence-electron chi connectivity index (χ3n) is 2.65. The van der Waals surface area contributed by atoms with Gasteiger partial charge in [0, 0.05) is 13.5 Å². The standard InChI is InChI=1S/C13H17NO5/c1-8(16)14-6-11(17)13(18)9-3-4-12(19-2)10(5-9)7-15/h3-5,7,11,13,17-18H,6H2,1-2H3,(H,14,16). The van der Waals surface area contributed by atoms with Crippen LogP contribution in [0.25, 0.3) is 0 Å². The molecule has 0 aliphatic heterocycles. The van der Waals surface area contributed by atoms with Crippen molar-refractivity contribution < 1.29 is 24.5 Å². The summed E-state index contributed by atoms with van der Waals surface area (Å²) in [7, 11) is 1.43. The van der Waals surface area contributed by atoms with Gasteiger partial charge < -0.3 is 20.3 Å². The largest absolute Gasteiger partial charge is 0.496 e. The molecule has 1 aromatic rings. The predicted octanol–water partition coefficient (Wildman–Crippen LogP) is 0.0381. The summed E-state index contributed by atoms with van der Waals surface area (Å²) >= 11 is 0. The molecule has 0 saturated heterocycles. The van der Waals surface area contributed by atoms with E-state index in [-0.39, 0.29) is 18.0 Å². The van der Waals surface area contributed by atoms with E-state index in [9.17, 15) is 19.8 Å². The Bertz CT molecular complexity index is 460. The molecule has 0 fully saturated rings. The maximum absolute atomic E-state index is 10.9. The van der Waals surface area contributed by atoms with Gasteiger partial charge in [0.25, 0.3) is 0 Å². The van der Waals surface area contributed by atoms with Crippen LogP contribution in [0.1, 0.15) is 28.9 Å². The third kappa shape index (κ3) is 4.04. The van der Waals surface area contributed by atoms with Crippen LogP contribution in [0.15, 0.2) is 18.2 Å². The molecular weight excluding hydrogens is 250 g/mol. The fourth-order valence-electron chi connectivity index (χ4n) is 1.61. The second-order valence-electron chi connectivity index (χ2n) is 4.07. The number of aliphatic hydroxyl groups excluding tert-OH is 2. The van der Waals surface area contributed by atoms with Crippen LogP contribution in [0, 0.1) is 0 Å². The maximum Gasteiger partial charge on any atom is 0.216 e. The monoisotopic (exact) mass is 267 g/mol. The first kappa shape index (κ1) is 15.1. The summed E-state index contributed by atoms with van der Waals surface area (Å²) in [5.41, 5.74) is 0.659. The molecule has 19 heavy (non-hydrogen) atoms. The van der Waals surface area contributed by atoms with E-state index in [4.69, 9.17) is 4.74 Å². The lowest BCUT2D eigenvalue weighted by Crippen LogP contribution is -2.34. The molecule has 0 aliphatic carbocycles. The Hall–Kier alpha value is -1.92. The zero-order valence-electron chi connectivity index (χ0n) is 10.8. The summed E-state index contributed by atoms with van der Waals surface area (Å²) in [6.07, 6.45) is -1.75. The van der Waals surface area contributed by atoms with Crippen LogP contribution in [0.3, 0.4) is 0 Å². The number of aliphatic hydroxyl groups is 2. The number of aldehydes is 1. The van der Waals surface area contributed by atoms with Crippen LogP contribution >= 0.6 is 0 Å². The Morgan fingerprint density at radius 2 is 2.16 bits per heavy atom. The summed E-state index contributed by atoms with van der Waals surface area (Å²) in [5.74, 6) is 0.0943. The van der Waals surface area contributed by atoms with Crippen molar-refractivity contribution in [2.75, 3.05) is 13.7 Å². The molecule has 0 saturated carbocycles. The smallest absolute Gasteiger partial charge is 0.216 e. The molecule has 0 bridgehead atoms. The number of benzene rings is 1. The second-order valence-corrected chi connectivity index (χ2v) is 4.07. The number of hydrogen-bond acceptors (Lipinski definition) is 5. The van der Waals surface area contributed by atoms with Crippen LogP contribution in [0.2, 0.25) is 0 Å². The van der Waals surface area contributed by atoms with Crippen molar-refractivity contribution in [3.05, 3.63) is 29.3 Å². The summed E-state index contributed by atoms with van der Waals surface area (Å²) in [4.78, 5) is 21.6. The SMILES string of the molecule is COc1ccc(C(O)C(O)CNC(C)=O)cc1C=O. The Labute approximate surface area is 111 Å². The molecule has 104 valence electrons. The highest BCUT2D eigenvalue weighted by Gasteiger charge is 2.19. The van der Waals surface area contributed by atoms with Gasteiger partial charge in [-0.3, -0.25) is 9.59 Å². The van der Waals surface area contributed by atoms with Gasteiger partial charge in [0.15, 0.2) is 6.29 Å². The van der Waals surface area contributed by atoms with Crippen molar-refractivity contribution in [2.45, 2.75) is 19.1 Å². The van der Waals surface area contributed by atoms with Gasteiger partial charge in [-0.25, -0.2) is 0 Å². The lowest BCUT2D eigenvalue weighted by molar-refractivity contribution is -0.119. The molecule has 0 radical (unpaired) electrons. The van der Waals surface area contributed by atoms with Gasteiger partial charge in [0.2, 0.25) is 5.91 Å². The molecule has 3 N–H and O–H groups in total. The van der Waals surface area contributed by atoms with E-state index in [1.807, 2.05) is 0 Å². The van der Waals surface area contributed by atoms with Crippen LogP contribution in [0.4, 0.5) is 0 Å². The summed E-state index contributed by atoms with van der Waals surface area (Å²) in [5, 5.41) is 22.1. The topological polar surface area (TPSA) is 95.9 Å². The summed E-state index contributed by atoms with van der Waals surface area (Å²) in [6, 6.07) is 4.52. The van der Waals surface area contributed by atoms with E-state index >= 15 is 0 Å². The number of carbonyl (C=O) groups is 2. The van der Waals surface area contributed by atoms with Crippen LogP contribution in [-0.2, 0) is 4.79 Å². The number of methoxy groups -OCH3 is 1. The Morgan fingerprint density at radius 3 is 2.68 bits per heavy atom. The molecule has 0 aliphatic rings. The Morgan fingerprint density at radius 1 is 1.47 bits per heavy atom. The van der Waals surface area contributed by atoms with Gasteiger partial charge in [-0.05, 0) is 17.7 Å². The van der Waals surface area contributed by atoms with Gasteiger partial charge in [-0.1, -0.05) is 6.07 Å². The quantitative estimate of drug-likeness (QED) is 0.632. The molecule has 1 amide bonds. The highest BCUT2D eigenvalue weighted by atomic mass is 16.5. The molecule has 0 spiro atoms. The third-order valence-corrected chi connectivity index (χ3v) is 2.65. The minimum atomic E-state index is -1.20. The fraction of sp³-hybridized carbons (Fsp3) is 0.385. The van der Waals surface area contributed by atoms with Crippen molar-refractivity contribution in [1.29, 1.82) is 0 Å². The molecule has 1 rings (SSSR count). The first-order valence-electron chi connectivity index (χ1n) is 5.73. The van der Waals surface area contributed by atoms with Crippen LogP contribution in [0.5, 0.6) is 5.75 Å². The lowest BCUT2D eigenvalue weighted by Gasteiger charge is -2.19. The highest BCUT2D eigenvalue weighted by molar-refractivity contribution is 5.79. The average Bonchev–Trinajstić information content (AvgIpc) is 2.42. The predicted molar refractivity (Wildman–Crippen MR) is 68.0 cm³/mol. The fourth-order valence-corrected chi connectivity index (χ4v) is 1.61. The van der Waals surface area contributed by atoms with Gasteiger partial charge in [-0.2, -0.15) is 0 Å². The molecule has 6 heteroatoms. The average molecular weight is 267 g/mol. The van der Waals surface area contributed by atoms with E-state index in [0.717, 1.165) is 0 Å². The molecule has 2 atom stereocenters. The molecule has 0 heterocycles. The van der Waals surface area contributed by atoms with Crippen molar-refractivity contribution in [3.63, 3.8) is 0 Å². The summed E-state index contributed by atoms with van der Waals surface area (Å²) < 4.78 is 4.98. The van der Waals surface area contributed by atoms with Crippen molar-refractivity contribution in [1.82, 2.24) is 5.32 Å². The van der Waals surface area contributed by atoms with E-state index in [1.165, 1.54) is 26.2 Å². The van der Waals surface area contributed by atoms with Crippen molar-refractivity contribution in [3.8, 4) is 5.75 Å². The maximum atomic E-state index is 10.9. The highest BCUT2D eigenvalue weighted by Crippen LogP contribution is 2.23. The molecular formula is C13H17NO5. The van der Waals surface area contributed by atoms with E-state index in [2.05, 4.69) is 5.32 Å². The number of rotatable bonds is 6. The van der Waals surface area contributed by atoms with E-state index < -0.39 is 12.2 Å². The first-order valence-corrected chi connectivity index (χ1v) is 5.73. The second kappa shape index (κ2) is 6.86. The van der Waals surface area contributed by atoms with Crippen LogP contribution in [-0.4, -0.2) is 42.2 Å². The van der Waals surface area contributed by atoms with Crippen molar-refractivity contribution in [2.24, 2.45) is 0 Å². The van der Waals surface area contributed by atoms with Gasteiger partial charge in [0.1, 0.15) is 18.0 Å². The number of nitrogens with one attached hydrogen (secondary N) is 1. The molecule has 1 aromatic carbocycles. The minimum absolute atomic E-state index is 0.0705. The van der Waals surface area contributed by atoms with Gasteiger partial charge in [0.05, 0.1) is 12.7 Å². The minimum Gasteiger partial charge on any atom is -0.496 e. The van der Waals surface area contributed by atoms with Gasteiger partial charge in [-0.15, -0.1) is 0 Å². The number of ether oxygens (including phenoxy) is 1. The summed E-state index contributed by atoms with van der Waals surface area (Å²) in [6.45, 7) is 1.25. The van der Waals surface area contributed by atoms with E-state index in [1.54, 1.807) is 6.07 Å². The Kier molecular flexibility index (Phi) is 5.47. The number of hydrogen-bond donors (Lipinski definition) is 3. The van der Waals surface area contributed by atoms with Gasteiger partial charge >= 0.3 is 0 Å². The molecule has 6 nitrogen and oxygen atoms in total. The molecule has 2 unspecified atom stereocenters. The first-order chi connectivity index (χ1) is 8.99. The number of carbonyl (C=O) groups excluding carboxylic acids is 2. The zero-order valence-corrected chi connectivity index (χ0v) is 10.8. The zero-order chi connectivity index (χ0) is 14.4. The van der Waals surface area contributed by atoms with Crippen molar-refractivity contribution >= 4 is 12.2 Å². The molecule has 0 aromatic heterocycles. The Balaban J connectivity index is 2.84. The number of amides is 1. The lowest BCUT2D eigenvalue weighted by atomic mass is 10.0. The normalized spacial score (nSPS) is 13.5. The van der Waals surface area contributed by atoms with E-state index in [0.29, 0.717) is 17.6 Å².